The molecule has 0 radical (unpaired) electrons. The third-order valence-electron chi connectivity index (χ3n) is 1.96. The predicted molar refractivity (Wildman–Crippen MR) is 52.8 cm³/mol. The van der Waals surface area contributed by atoms with Crippen molar-refractivity contribution < 1.29 is 0 Å². The van der Waals surface area contributed by atoms with Gasteiger partial charge in [0.2, 0.25) is 0 Å². The summed E-state index contributed by atoms with van der Waals surface area (Å²) < 4.78 is 1.80. The van der Waals surface area contributed by atoms with E-state index in [4.69, 9.17) is 0 Å². The second-order valence-electron chi connectivity index (χ2n) is 3.25. The van der Waals surface area contributed by atoms with Gasteiger partial charge in [-0.2, -0.15) is 5.10 Å². The van der Waals surface area contributed by atoms with Gasteiger partial charge in [0, 0.05) is 25.9 Å². The van der Waals surface area contributed by atoms with Crippen LogP contribution < -0.4 is 0 Å². The SMILES string of the molecule is Cc1nccc(Cc2ccn(C)n2)n1. The third kappa shape index (κ3) is 1.96. The molecule has 0 aliphatic rings. The third-order valence-corrected chi connectivity index (χ3v) is 1.96. The first-order valence-electron chi connectivity index (χ1n) is 4.51. The molecule has 14 heavy (non-hydrogen) atoms. The lowest BCUT2D eigenvalue weighted by molar-refractivity contribution is 0.746. The highest BCUT2D eigenvalue weighted by Crippen LogP contribution is 2.03. The number of nitrogens with zero attached hydrogens (tertiary/aromatic N) is 4. The molecule has 4 heteroatoms. The molecule has 0 spiro atoms. The van der Waals surface area contributed by atoms with Crippen molar-refractivity contribution in [1.29, 1.82) is 0 Å². The van der Waals surface area contributed by atoms with E-state index in [1.54, 1.807) is 10.9 Å². The zero-order valence-electron chi connectivity index (χ0n) is 8.31. The molecule has 72 valence electrons. The van der Waals surface area contributed by atoms with Crippen LogP contribution in [0.1, 0.15) is 17.2 Å². The van der Waals surface area contributed by atoms with Gasteiger partial charge in [0.05, 0.1) is 11.4 Å². The highest BCUT2D eigenvalue weighted by molar-refractivity contribution is 5.12. The van der Waals surface area contributed by atoms with Crippen LogP contribution in [0.5, 0.6) is 0 Å². The van der Waals surface area contributed by atoms with E-state index < -0.39 is 0 Å². The van der Waals surface area contributed by atoms with E-state index in [-0.39, 0.29) is 0 Å². The van der Waals surface area contributed by atoms with E-state index in [0.717, 1.165) is 23.6 Å². The van der Waals surface area contributed by atoms with Crippen LogP contribution in [0, 0.1) is 6.92 Å². The first kappa shape index (κ1) is 8.87. The van der Waals surface area contributed by atoms with Gasteiger partial charge in [-0.05, 0) is 19.1 Å². The lowest BCUT2D eigenvalue weighted by Gasteiger charge is -1.97. The summed E-state index contributed by atoms with van der Waals surface area (Å²) in [5.74, 6) is 0.804. The fraction of sp³-hybridized carbons (Fsp3) is 0.300. The van der Waals surface area contributed by atoms with Crippen LogP contribution in [0.25, 0.3) is 0 Å². The van der Waals surface area contributed by atoms with Gasteiger partial charge in [-0.1, -0.05) is 0 Å². The first-order chi connectivity index (χ1) is 6.74. The second-order valence-corrected chi connectivity index (χ2v) is 3.25. The Bertz CT molecular complexity index is 433. The van der Waals surface area contributed by atoms with Gasteiger partial charge in [0.25, 0.3) is 0 Å². The summed E-state index contributed by atoms with van der Waals surface area (Å²) >= 11 is 0. The second kappa shape index (κ2) is 3.57. The molecule has 2 heterocycles. The zero-order chi connectivity index (χ0) is 9.97. The van der Waals surface area contributed by atoms with Crippen molar-refractivity contribution >= 4 is 0 Å². The highest BCUT2D eigenvalue weighted by Gasteiger charge is 2.00. The quantitative estimate of drug-likeness (QED) is 0.709. The van der Waals surface area contributed by atoms with Crippen LogP contribution in [0.2, 0.25) is 0 Å². The monoisotopic (exact) mass is 188 g/mol. The Morgan fingerprint density at radius 2 is 2.14 bits per heavy atom. The van der Waals surface area contributed by atoms with E-state index in [1.807, 2.05) is 32.3 Å². The van der Waals surface area contributed by atoms with E-state index in [1.165, 1.54) is 0 Å². The minimum Gasteiger partial charge on any atom is -0.276 e. The molecule has 0 aliphatic carbocycles. The molecule has 0 N–H and O–H groups in total. The number of aryl methyl sites for hydroxylation is 2. The first-order valence-corrected chi connectivity index (χ1v) is 4.51. The summed E-state index contributed by atoms with van der Waals surface area (Å²) in [6.07, 6.45) is 4.48. The summed E-state index contributed by atoms with van der Waals surface area (Å²) in [7, 11) is 1.91. The average Bonchev–Trinajstić information content (AvgIpc) is 2.51. The molecule has 0 atom stereocenters. The van der Waals surface area contributed by atoms with Crippen LogP contribution in [0.4, 0.5) is 0 Å². The molecule has 0 unspecified atom stereocenters. The minimum atomic E-state index is 0.768. The zero-order valence-corrected chi connectivity index (χ0v) is 8.31. The summed E-state index contributed by atoms with van der Waals surface area (Å²) in [5.41, 5.74) is 2.04. The lowest BCUT2D eigenvalue weighted by Crippen LogP contribution is -1.97. The number of hydrogen-bond donors (Lipinski definition) is 0. The minimum absolute atomic E-state index is 0.768. The van der Waals surface area contributed by atoms with E-state index in [2.05, 4.69) is 15.1 Å². The molecule has 0 fully saturated rings. The van der Waals surface area contributed by atoms with Gasteiger partial charge < -0.3 is 0 Å². The van der Waals surface area contributed by atoms with Crippen molar-refractivity contribution in [3.05, 3.63) is 41.7 Å². The molecule has 0 saturated carbocycles. The highest BCUT2D eigenvalue weighted by atomic mass is 15.2. The average molecular weight is 188 g/mol. The van der Waals surface area contributed by atoms with Crippen molar-refractivity contribution in [2.24, 2.45) is 7.05 Å². The maximum atomic E-state index is 4.32. The number of rotatable bonds is 2. The van der Waals surface area contributed by atoms with Crippen LogP contribution >= 0.6 is 0 Å². The standard InChI is InChI=1S/C10H12N4/c1-8-11-5-3-9(12-8)7-10-4-6-14(2)13-10/h3-6H,7H2,1-2H3. The van der Waals surface area contributed by atoms with Gasteiger partial charge in [-0.3, -0.25) is 4.68 Å². The molecule has 0 bridgehead atoms. The summed E-state index contributed by atoms with van der Waals surface area (Å²) in [5, 5.41) is 4.29. The molecule has 0 amide bonds. The topological polar surface area (TPSA) is 43.6 Å². The van der Waals surface area contributed by atoms with Crippen molar-refractivity contribution in [3.63, 3.8) is 0 Å². The summed E-state index contributed by atoms with van der Waals surface area (Å²) in [4.78, 5) is 8.37. The summed E-state index contributed by atoms with van der Waals surface area (Å²) in [6, 6.07) is 3.92. The van der Waals surface area contributed by atoms with Gasteiger partial charge in [-0.15, -0.1) is 0 Å². The van der Waals surface area contributed by atoms with Gasteiger partial charge in [0.15, 0.2) is 0 Å². The molecule has 0 saturated heterocycles. The molecule has 2 aromatic rings. The largest absolute Gasteiger partial charge is 0.276 e. The van der Waals surface area contributed by atoms with Gasteiger partial charge in [0.1, 0.15) is 5.82 Å². The normalized spacial score (nSPS) is 10.4. The van der Waals surface area contributed by atoms with Crippen LogP contribution in [-0.2, 0) is 13.5 Å². The Hall–Kier alpha value is -1.71. The Balaban J connectivity index is 2.18. The van der Waals surface area contributed by atoms with Gasteiger partial charge in [-0.25, -0.2) is 9.97 Å². The Morgan fingerprint density at radius 1 is 1.29 bits per heavy atom. The molecule has 2 rings (SSSR count). The maximum Gasteiger partial charge on any atom is 0.125 e. The van der Waals surface area contributed by atoms with Crippen molar-refractivity contribution in [1.82, 2.24) is 19.7 Å². The molecular weight excluding hydrogens is 176 g/mol. The van der Waals surface area contributed by atoms with Crippen molar-refractivity contribution in [3.8, 4) is 0 Å². The maximum absolute atomic E-state index is 4.32. The Labute approximate surface area is 82.6 Å². The molecular formula is C10H12N4. The van der Waals surface area contributed by atoms with E-state index >= 15 is 0 Å². The molecule has 0 aromatic carbocycles. The molecule has 0 aliphatic heterocycles. The van der Waals surface area contributed by atoms with Crippen LogP contribution in [0.15, 0.2) is 24.5 Å². The van der Waals surface area contributed by atoms with Gasteiger partial charge >= 0.3 is 0 Å². The Morgan fingerprint density at radius 3 is 2.79 bits per heavy atom. The lowest BCUT2D eigenvalue weighted by atomic mass is 10.2. The van der Waals surface area contributed by atoms with Crippen molar-refractivity contribution in [2.45, 2.75) is 13.3 Å². The number of aromatic nitrogens is 4. The summed E-state index contributed by atoms with van der Waals surface area (Å²) in [6.45, 7) is 1.89. The fourth-order valence-electron chi connectivity index (χ4n) is 1.35. The molecule has 4 nitrogen and oxygen atoms in total. The smallest absolute Gasteiger partial charge is 0.125 e. The Kier molecular flexibility index (Phi) is 2.26. The van der Waals surface area contributed by atoms with E-state index in [9.17, 15) is 0 Å². The van der Waals surface area contributed by atoms with Crippen molar-refractivity contribution in [2.75, 3.05) is 0 Å². The van der Waals surface area contributed by atoms with E-state index in [0.29, 0.717) is 0 Å². The van der Waals surface area contributed by atoms with Crippen LogP contribution in [-0.4, -0.2) is 19.7 Å². The fourth-order valence-corrected chi connectivity index (χ4v) is 1.35. The predicted octanol–water partition coefficient (Wildman–Crippen LogP) is 1.11. The van der Waals surface area contributed by atoms with Crippen LogP contribution in [0.3, 0.4) is 0 Å². The number of hydrogen-bond acceptors (Lipinski definition) is 3. The molecule has 2 aromatic heterocycles.